The number of ether oxygens (including phenoxy) is 3. The van der Waals surface area contributed by atoms with Gasteiger partial charge < -0.3 is 14.2 Å². The van der Waals surface area contributed by atoms with E-state index in [-0.39, 0.29) is 31.1 Å². The molecular formula is C56H102O6. The van der Waals surface area contributed by atoms with Crippen LogP contribution in [0.2, 0.25) is 0 Å². The van der Waals surface area contributed by atoms with Crippen LogP contribution in [0.3, 0.4) is 0 Å². The van der Waals surface area contributed by atoms with Crippen LogP contribution in [0.5, 0.6) is 0 Å². The van der Waals surface area contributed by atoms with Crippen molar-refractivity contribution in [1.82, 2.24) is 0 Å². The lowest BCUT2D eigenvalue weighted by molar-refractivity contribution is -0.167. The highest BCUT2D eigenvalue weighted by atomic mass is 16.6. The molecule has 62 heavy (non-hydrogen) atoms. The van der Waals surface area contributed by atoms with Crippen molar-refractivity contribution in [2.24, 2.45) is 0 Å². The number of esters is 3. The highest BCUT2D eigenvalue weighted by Gasteiger charge is 2.19. The number of allylic oxidation sites excluding steroid dienone is 6. The Bertz CT molecular complexity index is 1050. The van der Waals surface area contributed by atoms with E-state index < -0.39 is 6.10 Å². The summed E-state index contributed by atoms with van der Waals surface area (Å²) in [4.78, 5) is 38.0. The summed E-state index contributed by atoms with van der Waals surface area (Å²) < 4.78 is 16.8. The monoisotopic (exact) mass is 871 g/mol. The molecule has 0 aliphatic rings. The molecule has 362 valence electrons. The fraction of sp³-hybridized carbons (Fsp3) is 0.839. The maximum absolute atomic E-state index is 12.8. The Morgan fingerprint density at radius 1 is 0.323 bits per heavy atom. The average molecular weight is 871 g/mol. The van der Waals surface area contributed by atoms with Gasteiger partial charge in [0.15, 0.2) is 6.10 Å². The summed E-state index contributed by atoms with van der Waals surface area (Å²) in [5.74, 6) is -0.924. The molecule has 1 atom stereocenters. The largest absolute Gasteiger partial charge is 0.462 e. The topological polar surface area (TPSA) is 78.9 Å². The lowest BCUT2D eigenvalue weighted by Crippen LogP contribution is -2.30. The molecule has 0 unspecified atom stereocenters. The zero-order valence-electron chi connectivity index (χ0n) is 41.4. The van der Waals surface area contributed by atoms with Gasteiger partial charge in [0.25, 0.3) is 0 Å². The van der Waals surface area contributed by atoms with Crippen LogP contribution in [0.4, 0.5) is 0 Å². The predicted molar refractivity (Wildman–Crippen MR) is 266 cm³/mol. The number of hydrogen-bond donors (Lipinski definition) is 0. The van der Waals surface area contributed by atoms with Gasteiger partial charge >= 0.3 is 17.9 Å². The highest BCUT2D eigenvalue weighted by molar-refractivity contribution is 5.71. The van der Waals surface area contributed by atoms with Gasteiger partial charge in [-0.25, -0.2) is 0 Å². The van der Waals surface area contributed by atoms with E-state index in [9.17, 15) is 14.4 Å². The lowest BCUT2D eigenvalue weighted by atomic mass is 10.0. The van der Waals surface area contributed by atoms with E-state index in [0.29, 0.717) is 25.7 Å². The third-order valence-corrected chi connectivity index (χ3v) is 11.9. The fourth-order valence-electron chi connectivity index (χ4n) is 7.81. The molecule has 0 aromatic heterocycles. The summed E-state index contributed by atoms with van der Waals surface area (Å²) in [5, 5.41) is 0. The fourth-order valence-corrected chi connectivity index (χ4v) is 7.81. The standard InChI is InChI=1S/C56H102O6/c1-4-7-10-13-16-19-22-25-27-28-30-31-34-37-40-43-46-49-55(58)61-52-53(51-60-54(57)48-45-42-39-36-33-24-21-18-15-12-9-6-3)62-56(59)50-47-44-41-38-35-32-29-26-23-20-17-14-11-8-5-2/h25,27,30-31,37,40,53H,4-24,26,28-29,32-36,38-39,41-52H2,1-3H3/b27-25-,31-30-,40-37-/t53-/m0/s1. The molecule has 0 amide bonds. The molecule has 0 aromatic rings. The van der Waals surface area contributed by atoms with Crippen LogP contribution in [0.1, 0.15) is 284 Å². The molecule has 0 heterocycles. The van der Waals surface area contributed by atoms with Crippen molar-refractivity contribution in [1.29, 1.82) is 0 Å². The van der Waals surface area contributed by atoms with Gasteiger partial charge in [-0.3, -0.25) is 14.4 Å². The van der Waals surface area contributed by atoms with E-state index >= 15 is 0 Å². The molecule has 0 saturated carbocycles. The smallest absolute Gasteiger partial charge is 0.306 e. The van der Waals surface area contributed by atoms with Crippen molar-refractivity contribution >= 4 is 17.9 Å². The molecule has 0 saturated heterocycles. The van der Waals surface area contributed by atoms with E-state index in [1.54, 1.807) is 0 Å². The Kier molecular flexibility index (Phi) is 49.3. The van der Waals surface area contributed by atoms with Crippen molar-refractivity contribution < 1.29 is 28.6 Å². The van der Waals surface area contributed by atoms with Crippen molar-refractivity contribution in [3.63, 3.8) is 0 Å². The molecule has 0 spiro atoms. The van der Waals surface area contributed by atoms with Crippen LogP contribution in [0.15, 0.2) is 36.5 Å². The summed E-state index contributed by atoms with van der Waals surface area (Å²) in [7, 11) is 0. The van der Waals surface area contributed by atoms with Crippen molar-refractivity contribution in [3.05, 3.63) is 36.5 Å². The van der Waals surface area contributed by atoms with E-state index in [1.165, 1.54) is 180 Å². The molecule has 0 bridgehead atoms. The molecular weight excluding hydrogens is 769 g/mol. The van der Waals surface area contributed by atoms with Gasteiger partial charge in [-0.05, 0) is 51.4 Å². The van der Waals surface area contributed by atoms with Gasteiger partial charge in [0.2, 0.25) is 0 Å². The molecule has 0 aliphatic heterocycles. The zero-order chi connectivity index (χ0) is 45.1. The van der Waals surface area contributed by atoms with E-state index in [1.807, 2.05) is 0 Å². The maximum Gasteiger partial charge on any atom is 0.306 e. The molecule has 0 rings (SSSR count). The van der Waals surface area contributed by atoms with Gasteiger partial charge in [-0.1, -0.05) is 250 Å². The Morgan fingerprint density at radius 3 is 0.968 bits per heavy atom. The Hall–Kier alpha value is -2.37. The van der Waals surface area contributed by atoms with E-state index in [0.717, 1.165) is 57.8 Å². The van der Waals surface area contributed by atoms with Crippen LogP contribution in [0.25, 0.3) is 0 Å². The van der Waals surface area contributed by atoms with Gasteiger partial charge in [-0.15, -0.1) is 0 Å². The third kappa shape index (κ3) is 48.7. The first kappa shape index (κ1) is 59.6. The summed E-state index contributed by atoms with van der Waals surface area (Å²) in [6, 6.07) is 0. The Labute approximate surface area is 385 Å². The second-order valence-electron chi connectivity index (χ2n) is 18.2. The van der Waals surface area contributed by atoms with Crippen LogP contribution in [-0.4, -0.2) is 37.2 Å². The van der Waals surface area contributed by atoms with E-state index in [4.69, 9.17) is 14.2 Å². The van der Waals surface area contributed by atoms with Gasteiger partial charge in [-0.2, -0.15) is 0 Å². The minimum absolute atomic E-state index is 0.0832. The summed E-state index contributed by atoms with van der Waals surface area (Å²) in [6.45, 7) is 6.61. The van der Waals surface area contributed by atoms with Crippen molar-refractivity contribution in [3.8, 4) is 0 Å². The molecule has 6 nitrogen and oxygen atoms in total. The zero-order valence-corrected chi connectivity index (χ0v) is 41.4. The highest BCUT2D eigenvalue weighted by Crippen LogP contribution is 2.16. The first-order valence-corrected chi connectivity index (χ1v) is 27.0. The molecule has 0 radical (unpaired) electrons. The molecule has 0 aromatic carbocycles. The first-order chi connectivity index (χ1) is 30.5. The second-order valence-corrected chi connectivity index (χ2v) is 18.2. The third-order valence-electron chi connectivity index (χ3n) is 11.9. The van der Waals surface area contributed by atoms with Crippen LogP contribution < -0.4 is 0 Å². The SMILES string of the molecule is CCCCCCCC/C=C\C/C=C\C/C=C\CCCC(=O)OC[C@H](COC(=O)CCCCCCCCCCCCCC)OC(=O)CCCCCCCCCCCCCCCCC. The van der Waals surface area contributed by atoms with Crippen LogP contribution >= 0.6 is 0 Å². The summed E-state index contributed by atoms with van der Waals surface area (Å²) in [5.41, 5.74) is 0. The molecule has 0 fully saturated rings. The second kappa shape index (κ2) is 51.3. The average Bonchev–Trinajstić information content (AvgIpc) is 3.27. The molecule has 6 heteroatoms. The number of hydrogen-bond acceptors (Lipinski definition) is 6. The van der Waals surface area contributed by atoms with Gasteiger partial charge in [0.05, 0.1) is 0 Å². The van der Waals surface area contributed by atoms with Crippen molar-refractivity contribution in [2.45, 2.75) is 290 Å². The predicted octanol–water partition coefficient (Wildman–Crippen LogP) is 17.7. The lowest BCUT2D eigenvalue weighted by Gasteiger charge is -2.18. The number of carbonyl (C=O) groups excluding carboxylic acids is 3. The Balaban J connectivity index is 4.41. The molecule has 0 aliphatic carbocycles. The van der Waals surface area contributed by atoms with Crippen LogP contribution in [-0.2, 0) is 28.6 Å². The quantitative estimate of drug-likeness (QED) is 0.0262. The van der Waals surface area contributed by atoms with E-state index in [2.05, 4.69) is 57.2 Å². The van der Waals surface area contributed by atoms with Gasteiger partial charge in [0, 0.05) is 19.3 Å². The van der Waals surface area contributed by atoms with Gasteiger partial charge in [0.1, 0.15) is 13.2 Å². The summed E-state index contributed by atoms with van der Waals surface area (Å²) in [6.07, 6.45) is 59.9. The number of carbonyl (C=O) groups is 3. The first-order valence-electron chi connectivity index (χ1n) is 27.0. The summed E-state index contributed by atoms with van der Waals surface area (Å²) >= 11 is 0. The Morgan fingerprint density at radius 2 is 0.597 bits per heavy atom. The van der Waals surface area contributed by atoms with Crippen LogP contribution in [0, 0.1) is 0 Å². The molecule has 0 N–H and O–H groups in total. The normalized spacial score (nSPS) is 12.2. The minimum atomic E-state index is -0.786. The minimum Gasteiger partial charge on any atom is -0.462 e. The number of rotatable bonds is 49. The number of unbranched alkanes of at least 4 members (excludes halogenated alkanes) is 32. The maximum atomic E-state index is 12.8. The van der Waals surface area contributed by atoms with Crippen molar-refractivity contribution in [2.75, 3.05) is 13.2 Å².